The maximum Gasteiger partial charge on any atom is 0.335 e. The molecule has 0 heterocycles. The number of aliphatic carboxylic acids is 1. The molecule has 0 aliphatic heterocycles. The van der Waals surface area contributed by atoms with Crippen LogP contribution in [0.25, 0.3) is 0 Å². The molecule has 1 N–H and O–H groups in total. The number of allylic oxidation sites excluding steroid dienone is 2. The lowest BCUT2D eigenvalue weighted by molar-refractivity contribution is -0.132. The van der Waals surface area contributed by atoms with E-state index in [9.17, 15) is 9.18 Å². The largest absolute Gasteiger partial charge is 0.478 e. The summed E-state index contributed by atoms with van der Waals surface area (Å²) in [6.45, 7) is 0. The average molecular weight is 142 g/mol. The van der Waals surface area contributed by atoms with Crippen LogP contribution in [0.2, 0.25) is 0 Å². The van der Waals surface area contributed by atoms with Crippen LogP contribution in [-0.2, 0) is 4.79 Å². The Labute approximate surface area is 57.7 Å². The first-order valence-electron chi connectivity index (χ1n) is 2.96. The second-order valence-corrected chi connectivity index (χ2v) is 2.08. The van der Waals surface area contributed by atoms with Crippen LogP contribution in [0.5, 0.6) is 0 Å². The maximum absolute atomic E-state index is 12.4. The molecule has 0 saturated carbocycles. The minimum atomic E-state index is -1.13. The van der Waals surface area contributed by atoms with Crippen molar-refractivity contribution in [2.24, 2.45) is 0 Å². The van der Waals surface area contributed by atoms with Crippen LogP contribution in [0.3, 0.4) is 0 Å². The van der Waals surface area contributed by atoms with Crippen molar-refractivity contribution < 1.29 is 14.3 Å². The topological polar surface area (TPSA) is 37.3 Å². The summed E-state index contributed by atoms with van der Waals surface area (Å²) >= 11 is 0. The first kappa shape index (κ1) is 6.99. The van der Waals surface area contributed by atoms with Crippen LogP contribution in [0.1, 0.15) is 6.42 Å². The number of rotatable bonds is 1. The highest BCUT2D eigenvalue weighted by Crippen LogP contribution is 2.12. The van der Waals surface area contributed by atoms with E-state index < -0.39 is 12.1 Å². The van der Waals surface area contributed by atoms with Crippen LogP contribution in [-0.4, -0.2) is 17.2 Å². The minimum absolute atomic E-state index is 0.0405. The molecule has 1 atom stereocenters. The Morgan fingerprint density at radius 1 is 1.80 bits per heavy atom. The van der Waals surface area contributed by atoms with E-state index in [2.05, 4.69) is 0 Å². The molecule has 0 radical (unpaired) electrons. The average Bonchev–Trinajstić information content (AvgIpc) is 1.88. The van der Waals surface area contributed by atoms with Crippen molar-refractivity contribution in [3.63, 3.8) is 0 Å². The number of alkyl halides is 1. The first-order chi connectivity index (χ1) is 4.70. The van der Waals surface area contributed by atoms with E-state index in [1.807, 2.05) is 0 Å². The van der Waals surface area contributed by atoms with Crippen LogP contribution >= 0.6 is 0 Å². The van der Waals surface area contributed by atoms with Crippen molar-refractivity contribution in [3.05, 3.63) is 23.8 Å². The molecule has 1 unspecified atom stereocenters. The van der Waals surface area contributed by atoms with Crippen LogP contribution in [0, 0.1) is 0 Å². The maximum atomic E-state index is 12.4. The lowest BCUT2D eigenvalue weighted by Gasteiger charge is -2.04. The van der Waals surface area contributed by atoms with Crippen molar-refractivity contribution in [1.82, 2.24) is 0 Å². The molecule has 0 spiro atoms. The smallest absolute Gasteiger partial charge is 0.335 e. The Kier molecular flexibility index (Phi) is 1.85. The molecule has 1 aliphatic rings. The Morgan fingerprint density at radius 3 is 2.90 bits per heavy atom. The third kappa shape index (κ3) is 1.43. The standard InChI is InChI=1S/C7H7FO2/c8-6-3-1-2-5(4-6)7(9)10/h1-2,4,6H,3H2,(H,9,10). The van der Waals surface area contributed by atoms with Gasteiger partial charge in [0.15, 0.2) is 0 Å². The van der Waals surface area contributed by atoms with Crippen molar-refractivity contribution in [3.8, 4) is 0 Å². The molecule has 1 aliphatic carbocycles. The van der Waals surface area contributed by atoms with Gasteiger partial charge in [-0.25, -0.2) is 9.18 Å². The minimum Gasteiger partial charge on any atom is -0.478 e. The van der Waals surface area contributed by atoms with E-state index in [4.69, 9.17) is 5.11 Å². The van der Waals surface area contributed by atoms with Gasteiger partial charge in [-0.3, -0.25) is 0 Å². The third-order valence-electron chi connectivity index (χ3n) is 1.27. The molecule has 3 heteroatoms. The predicted molar refractivity (Wildman–Crippen MR) is 34.4 cm³/mol. The van der Waals surface area contributed by atoms with E-state index >= 15 is 0 Å². The number of halogens is 1. The van der Waals surface area contributed by atoms with Crippen LogP contribution < -0.4 is 0 Å². The first-order valence-corrected chi connectivity index (χ1v) is 2.96. The van der Waals surface area contributed by atoms with E-state index in [1.54, 1.807) is 0 Å². The molecule has 1 rings (SSSR count). The van der Waals surface area contributed by atoms with Gasteiger partial charge >= 0.3 is 5.97 Å². The zero-order valence-corrected chi connectivity index (χ0v) is 5.25. The quantitative estimate of drug-likeness (QED) is 0.599. The molecular formula is C7H7FO2. The highest BCUT2D eigenvalue weighted by Gasteiger charge is 2.11. The molecule has 10 heavy (non-hydrogen) atoms. The fraction of sp³-hybridized carbons (Fsp3) is 0.286. The molecule has 54 valence electrons. The fourth-order valence-corrected chi connectivity index (χ4v) is 0.786. The predicted octanol–water partition coefficient (Wildman–Crippen LogP) is 1.30. The summed E-state index contributed by atoms with van der Waals surface area (Å²) in [7, 11) is 0. The number of hydrogen-bond acceptors (Lipinski definition) is 1. The zero-order valence-electron chi connectivity index (χ0n) is 5.25. The van der Waals surface area contributed by atoms with Crippen molar-refractivity contribution >= 4 is 5.97 Å². The van der Waals surface area contributed by atoms with E-state index in [1.165, 1.54) is 12.2 Å². The third-order valence-corrected chi connectivity index (χ3v) is 1.27. The molecule has 0 bridgehead atoms. The summed E-state index contributed by atoms with van der Waals surface area (Å²) in [5.41, 5.74) is 0.0405. The van der Waals surface area contributed by atoms with Gasteiger partial charge in [-0.05, 0) is 6.08 Å². The van der Waals surface area contributed by atoms with Gasteiger partial charge < -0.3 is 5.11 Å². The fourth-order valence-electron chi connectivity index (χ4n) is 0.786. The summed E-state index contributed by atoms with van der Waals surface area (Å²) in [5, 5.41) is 8.37. The highest BCUT2D eigenvalue weighted by atomic mass is 19.1. The van der Waals surface area contributed by atoms with Gasteiger partial charge in [0.2, 0.25) is 0 Å². The summed E-state index contributed by atoms with van der Waals surface area (Å²) in [6, 6.07) is 0. The van der Waals surface area contributed by atoms with Gasteiger partial charge in [0, 0.05) is 6.42 Å². The molecule has 0 aromatic carbocycles. The SMILES string of the molecule is O=C(O)C1=CC(F)CC=C1. The highest BCUT2D eigenvalue weighted by molar-refractivity contribution is 5.90. The molecule has 0 fully saturated rings. The Balaban J connectivity index is 2.76. The molecule has 2 nitrogen and oxygen atoms in total. The zero-order chi connectivity index (χ0) is 7.56. The summed E-state index contributed by atoms with van der Waals surface area (Å²) in [4.78, 5) is 10.2. The van der Waals surface area contributed by atoms with E-state index in [0.29, 0.717) is 0 Å². The summed E-state index contributed by atoms with van der Waals surface area (Å²) in [5.74, 6) is -1.07. The second kappa shape index (κ2) is 2.64. The van der Waals surface area contributed by atoms with Crippen molar-refractivity contribution in [2.75, 3.05) is 0 Å². The number of carboxylic acids is 1. The Bertz CT molecular complexity index is 206. The second-order valence-electron chi connectivity index (χ2n) is 2.08. The van der Waals surface area contributed by atoms with Gasteiger partial charge in [-0.2, -0.15) is 0 Å². The number of hydrogen-bond donors (Lipinski definition) is 1. The van der Waals surface area contributed by atoms with Crippen molar-refractivity contribution in [2.45, 2.75) is 12.6 Å². The van der Waals surface area contributed by atoms with Gasteiger partial charge in [0.1, 0.15) is 6.17 Å². The van der Waals surface area contributed by atoms with Gasteiger partial charge in [-0.15, -0.1) is 0 Å². The van der Waals surface area contributed by atoms with E-state index in [0.717, 1.165) is 6.08 Å². The van der Waals surface area contributed by atoms with Crippen LogP contribution in [0.4, 0.5) is 4.39 Å². The molecule has 0 aromatic heterocycles. The summed E-state index contributed by atoms with van der Waals surface area (Å²) < 4.78 is 12.4. The molecule has 0 amide bonds. The lowest BCUT2D eigenvalue weighted by atomic mass is 10.1. The van der Waals surface area contributed by atoms with E-state index in [-0.39, 0.29) is 12.0 Å². The van der Waals surface area contributed by atoms with Gasteiger partial charge in [0.25, 0.3) is 0 Å². The Hall–Kier alpha value is -1.12. The van der Waals surface area contributed by atoms with Crippen LogP contribution in [0.15, 0.2) is 23.8 Å². The molecule has 0 saturated heterocycles. The molecule has 0 aromatic rings. The Morgan fingerprint density at radius 2 is 2.50 bits per heavy atom. The normalized spacial score (nSPS) is 24.1. The van der Waals surface area contributed by atoms with Gasteiger partial charge in [-0.1, -0.05) is 12.2 Å². The molecular weight excluding hydrogens is 135 g/mol. The monoisotopic (exact) mass is 142 g/mol. The number of carboxylic acid groups (broad SMARTS) is 1. The lowest BCUT2D eigenvalue weighted by Crippen LogP contribution is -2.06. The van der Waals surface area contributed by atoms with Gasteiger partial charge in [0.05, 0.1) is 5.57 Å². The number of carbonyl (C=O) groups is 1. The summed E-state index contributed by atoms with van der Waals surface area (Å²) in [6.07, 6.45) is 3.21. The van der Waals surface area contributed by atoms with Crippen molar-refractivity contribution in [1.29, 1.82) is 0 Å².